The van der Waals surface area contributed by atoms with Crippen LogP contribution in [0.4, 0.5) is 4.39 Å². The van der Waals surface area contributed by atoms with Crippen molar-refractivity contribution in [1.29, 1.82) is 0 Å². The molecule has 0 atom stereocenters. The third-order valence-electron chi connectivity index (χ3n) is 5.54. The molecule has 34 heavy (non-hydrogen) atoms. The minimum absolute atomic E-state index is 0.0153. The number of hydrogen-bond donors (Lipinski definition) is 1. The molecule has 0 saturated carbocycles. The lowest BCUT2D eigenvalue weighted by molar-refractivity contribution is -0.121. The zero-order valence-corrected chi connectivity index (χ0v) is 19.5. The Labute approximate surface area is 197 Å². The van der Waals surface area contributed by atoms with Gasteiger partial charge in [-0.2, -0.15) is 0 Å². The highest BCUT2D eigenvalue weighted by Crippen LogP contribution is 2.28. The van der Waals surface area contributed by atoms with Crippen LogP contribution in [0.2, 0.25) is 0 Å². The van der Waals surface area contributed by atoms with E-state index in [1.165, 1.54) is 24.4 Å². The number of rotatable bonds is 9. The van der Waals surface area contributed by atoms with Crippen molar-refractivity contribution in [3.8, 4) is 5.75 Å². The van der Waals surface area contributed by atoms with Crippen LogP contribution >= 0.6 is 0 Å². The first-order valence-corrected chi connectivity index (χ1v) is 12.5. The zero-order chi connectivity index (χ0) is 24.1. The molecule has 3 aromatic carbocycles. The minimum Gasteiger partial charge on any atom is -0.497 e. The van der Waals surface area contributed by atoms with Gasteiger partial charge in [0.15, 0.2) is 9.84 Å². The van der Waals surface area contributed by atoms with Gasteiger partial charge in [-0.05, 0) is 47.9 Å². The Morgan fingerprint density at radius 1 is 1.00 bits per heavy atom. The van der Waals surface area contributed by atoms with E-state index in [-0.39, 0.29) is 23.1 Å². The normalized spacial score (nSPS) is 11.5. The summed E-state index contributed by atoms with van der Waals surface area (Å²) in [6.45, 7) is 0.438. The Hall–Kier alpha value is -3.65. The molecule has 0 unspecified atom stereocenters. The van der Waals surface area contributed by atoms with Crippen LogP contribution in [0.15, 0.2) is 83.9 Å². The standard InChI is InChI=1S/C26H25FN2O4S/c1-33-22-11-9-19(10-12-22)13-14-28-26(30)17-29-16-25(23-7-2-3-8-24(23)29)34(31,32)18-20-5-4-6-21(27)15-20/h2-12,15-16H,13-14,17-18H2,1H3,(H,28,30). The third kappa shape index (κ3) is 5.46. The van der Waals surface area contributed by atoms with Crippen LogP contribution < -0.4 is 10.1 Å². The van der Waals surface area contributed by atoms with E-state index >= 15 is 0 Å². The second-order valence-corrected chi connectivity index (χ2v) is 9.93. The number of carbonyl (C=O) groups is 1. The topological polar surface area (TPSA) is 77.4 Å². The highest BCUT2D eigenvalue weighted by atomic mass is 32.2. The molecule has 1 aromatic heterocycles. The minimum atomic E-state index is -3.76. The highest BCUT2D eigenvalue weighted by Gasteiger charge is 2.22. The first-order valence-electron chi connectivity index (χ1n) is 10.8. The van der Waals surface area contributed by atoms with Crippen LogP contribution in [0.1, 0.15) is 11.1 Å². The van der Waals surface area contributed by atoms with E-state index in [0.717, 1.165) is 11.3 Å². The molecule has 6 nitrogen and oxygen atoms in total. The molecule has 0 spiro atoms. The number of aromatic nitrogens is 1. The fourth-order valence-corrected chi connectivity index (χ4v) is 5.43. The number of methoxy groups -OCH3 is 1. The van der Waals surface area contributed by atoms with Gasteiger partial charge in [-0.15, -0.1) is 0 Å². The number of nitrogens with one attached hydrogen (secondary N) is 1. The number of halogens is 1. The predicted octanol–water partition coefficient (Wildman–Crippen LogP) is 4.12. The van der Waals surface area contributed by atoms with Crippen LogP contribution in [-0.4, -0.2) is 32.5 Å². The lowest BCUT2D eigenvalue weighted by Gasteiger charge is -2.08. The van der Waals surface area contributed by atoms with Crippen molar-refractivity contribution in [3.63, 3.8) is 0 Å². The lowest BCUT2D eigenvalue weighted by Crippen LogP contribution is -2.29. The molecular formula is C26H25FN2O4S. The second kappa shape index (κ2) is 10.1. The Bertz CT molecular complexity index is 1410. The first kappa shape index (κ1) is 23.5. The first-order chi connectivity index (χ1) is 16.4. The lowest BCUT2D eigenvalue weighted by atomic mass is 10.1. The fraction of sp³-hybridized carbons (Fsp3) is 0.192. The van der Waals surface area contributed by atoms with Gasteiger partial charge in [0, 0.05) is 23.6 Å². The average molecular weight is 481 g/mol. The van der Waals surface area contributed by atoms with Gasteiger partial charge in [0.05, 0.1) is 17.8 Å². The van der Waals surface area contributed by atoms with E-state index in [1.807, 2.05) is 24.3 Å². The molecule has 4 rings (SSSR count). The van der Waals surface area contributed by atoms with E-state index in [2.05, 4.69) is 5.32 Å². The van der Waals surface area contributed by atoms with E-state index in [1.54, 1.807) is 42.0 Å². The van der Waals surface area contributed by atoms with Gasteiger partial charge in [-0.1, -0.05) is 42.5 Å². The van der Waals surface area contributed by atoms with Gasteiger partial charge in [0.25, 0.3) is 0 Å². The summed E-state index contributed by atoms with van der Waals surface area (Å²) < 4.78 is 46.6. The largest absolute Gasteiger partial charge is 0.497 e. The number of nitrogens with zero attached hydrogens (tertiary/aromatic N) is 1. The molecule has 1 heterocycles. The van der Waals surface area contributed by atoms with Gasteiger partial charge in [-0.3, -0.25) is 4.79 Å². The molecule has 0 saturated heterocycles. The molecule has 0 radical (unpaired) electrons. The summed E-state index contributed by atoms with van der Waals surface area (Å²) in [6.07, 6.45) is 2.15. The quantitative estimate of drug-likeness (QED) is 0.391. The van der Waals surface area contributed by atoms with Crippen molar-refractivity contribution < 1.29 is 22.3 Å². The maximum Gasteiger partial charge on any atom is 0.239 e. The highest BCUT2D eigenvalue weighted by molar-refractivity contribution is 7.90. The molecule has 8 heteroatoms. The smallest absolute Gasteiger partial charge is 0.239 e. The zero-order valence-electron chi connectivity index (χ0n) is 18.7. The Morgan fingerprint density at radius 2 is 1.76 bits per heavy atom. The molecule has 1 N–H and O–H groups in total. The van der Waals surface area contributed by atoms with Crippen LogP contribution in [0.3, 0.4) is 0 Å². The summed E-state index contributed by atoms with van der Waals surface area (Å²) in [4.78, 5) is 12.7. The molecule has 176 valence electrons. The van der Waals surface area contributed by atoms with Crippen LogP contribution in [0.25, 0.3) is 10.9 Å². The third-order valence-corrected chi connectivity index (χ3v) is 7.25. The average Bonchev–Trinajstić information content (AvgIpc) is 3.19. The van der Waals surface area contributed by atoms with Crippen molar-refractivity contribution in [2.45, 2.75) is 23.6 Å². The predicted molar refractivity (Wildman–Crippen MR) is 129 cm³/mol. The maximum absolute atomic E-state index is 13.5. The number of hydrogen-bond acceptors (Lipinski definition) is 4. The van der Waals surface area contributed by atoms with E-state index < -0.39 is 15.7 Å². The molecule has 0 aliphatic carbocycles. The monoisotopic (exact) mass is 480 g/mol. The van der Waals surface area contributed by atoms with E-state index in [9.17, 15) is 17.6 Å². The Morgan fingerprint density at radius 3 is 2.50 bits per heavy atom. The number of ether oxygens (including phenoxy) is 1. The van der Waals surface area contributed by atoms with Crippen molar-refractivity contribution in [2.75, 3.05) is 13.7 Å². The summed E-state index contributed by atoms with van der Waals surface area (Å²) >= 11 is 0. The number of para-hydroxylation sites is 1. The van der Waals surface area contributed by atoms with Crippen molar-refractivity contribution >= 4 is 26.6 Å². The van der Waals surface area contributed by atoms with Crippen LogP contribution in [0, 0.1) is 5.82 Å². The molecule has 0 aliphatic heterocycles. The van der Waals surface area contributed by atoms with Gasteiger partial charge in [0.1, 0.15) is 18.1 Å². The molecule has 0 aliphatic rings. The second-order valence-electron chi connectivity index (χ2n) is 7.98. The van der Waals surface area contributed by atoms with E-state index in [0.29, 0.717) is 29.4 Å². The maximum atomic E-state index is 13.5. The van der Waals surface area contributed by atoms with Crippen molar-refractivity contribution in [2.24, 2.45) is 0 Å². The van der Waals surface area contributed by atoms with Crippen molar-refractivity contribution in [3.05, 3.63) is 95.9 Å². The van der Waals surface area contributed by atoms with Gasteiger partial charge >= 0.3 is 0 Å². The molecule has 0 bridgehead atoms. The molecule has 4 aromatic rings. The van der Waals surface area contributed by atoms with E-state index in [4.69, 9.17) is 4.74 Å². The number of amides is 1. The molecule has 0 fully saturated rings. The Balaban J connectivity index is 1.48. The van der Waals surface area contributed by atoms with Gasteiger partial charge < -0.3 is 14.6 Å². The summed E-state index contributed by atoms with van der Waals surface area (Å²) in [5.74, 6) is -0.257. The molecular weight excluding hydrogens is 455 g/mol. The van der Waals surface area contributed by atoms with Crippen LogP contribution in [-0.2, 0) is 33.4 Å². The molecule has 1 amide bonds. The Kier molecular flexibility index (Phi) is 6.98. The number of benzene rings is 3. The summed E-state index contributed by atoms with van der Waals surface area (Å²) in [7, 11) is -2.15. The summed E-state index contributed by atoms with van der Waals surface area (Å²) in [5, 5.41) is 3.42. The van der Waals surface area contributed by atoms with Gasteiger partial charge in [-0.25, -0.2) is 12.8 Å². The summed E-state index contributed by atoms with van der Waals surface area (Å²) in [6, 6.07) is 20.2. The number of fused-ring (bicyclic) bond motifs is 1. The number of sulfone groups is 1. The number of carbonyl (C=O) groups excluding carboxylic acids is 1. The van der Waals surface area contributed by atoms with Crippen LogP contribution in [0.5, 0.6) is 5.75 Å². The fourth-order valence-electron chi connectivity index (χ4n) is 3.86. The van der Waals surface area contributed by atoms with Gasteiger partial charge in [0.2, 0.25) is 5.91 Å². The van der Waals surface area contributed by atoms with Crippen molar-refractivity contribution in [1.82, 2.24) is 9.88 Å². The summed E-state index contributed by atoms with van der Waals surface area (Å²) in [5.41, 5.74) is 2.08. The SMILES string of the molecule is COc1ccc(CCNC(=O)Cn2cc(S(=O)(=O)Cc3cccc(F)c3)c3ccccc32)cc1.